The van der Waals surface area contributed by atoms with Crippen molar-refractivity contribution in [3.8, 4) is 0 Å². The fourth-order valence-electron chi connectivity index (χ4n) is 1.99. The maximum Gasteiger partial charge on any atom is 0.147 e. The van der Waals surface area contributed by atoms with E-state index < -0.39 is 0 Å². The second kappa shape index (κ2) is 5.45. The standard InChI is InChI=1S/C13H19N3S/c1-4-6-10(5-2)16-13-12-11(14-8-15-13)9(3)7-17-12/h7-8,10H,4-6H2,1-3H3,(H,14,15,16). The van der Waals surface area contributed by atoms with Gasteiger partial charge in [-0.15, -0.1) is 11.3 Å². The van der Waals surface area contributed by atoms with Crippen LogP contribution < -0.4 is 5.32 Å². The second-order valence-electron chi connectivity index (χ2n) is 4.36. The highest BCUT2D eigenvalue weighted by Crippen LogP contribution is 2.29. The van der Waals surface area contributed by atoms with Crippen molar-refractivity contribution in [1.82, 2.24) is 9.97 Å². The van der Waals surface area contributed by atoms with E-state index in [0.717, 1.165) is 17.8 Å². The molecule has 17 heavy (non-hydrogen) atoms. The maximum atomic E-state index is 4.38. The molecule has 0 aliphatic carbocycles. The van der Waals surface area contributed by atoms with Crippen LogP contribution in [0.2, 0.25) is 0 Å². The first-order valence-electron chi connectivity index (χ1n) is 6.21. The molecule has 3 nitrogen and oxygen atoms in total. The molecular formula is C13H19N3S. The summed E-state index contributed by atoms with van der Waals surface area (Å²) < 4.78 is 1.18. The van der Waals surface area contributed by atoms with E-state index in [0.29, 0.717) is 6.04 Å². The molecule has 2 aromatic rings. The lowest BCUT2D eigenvalue weighted by atomic mass is 10.1. The Hall–Kier alpha value is -1.16. The van der Waals surface area contributed by atoms with Crippen LogP contribution in [0.4, 0.5) is 5.82 Å². The van der Waals surface area contributed by atoms with E-state index in [1.165, 1.54) is 23.1 Å². The number of nitrogens with one attached hydrogen (secondary N) is 1. The zero-order valence-electron chi connectivity index (χ0n) is 10.7. The molecule has 0 fully saturated rings. The van der Waals surface area contributed by atoms with Crippen LogP contribution in [0.15, 0.2) is 11.7 Å². The van der Waals surface area contributed by atoms with Crippen LogP contribution in [0, 0.1) is 6.92 Å². The quantitative estimate of drug-likeness (QED) is 0.870. The van der Waals surface area contributed by atoms with Gasteiger partial charge in [0.1, 0.15) is 12.1 Å². The first-order valence-corrected chi connectivity index (χ1v) is 7.09. The molecular weight excluding hydrogens is 230 g/mol. The summed E-state index contributed by atoms with van der Waals surface area (Å²) in [5.74, 6) is 0.994. The number of aromatic nitrogens is 2. The van der Waals surface area contributed by atoms with Crippen molar-refractivity contribution >= 4 is 27.4 Å². The molecule has 0 bridgehead atoms. The van der Waals surface area contributed by atoms with E-state index in [9.17, 15) is 0 Å². The van der Waals surface area contributed by atoms with Crippen molar-refractivity contribution in [3.05, 3.63) is 17.3 Å². The first-order chi connectivity index (χ1) is 8.26. The molecule has 0 aliphatic rings. The van der Waals surface area contributed by atoms with Gasteiger partial charge in [-0.3, -0.25) is 0 Å². The number of anilines is 1. The van der Waals surface area contributed by atoms with Gasteiger partial charge in [0.2, 0.25) is 0 Å². The minimum Gasteiger partial charge on any atom is -0.366 e. The van der Waals surface area contributed by atoms with Gasteiger partial charge in [-0.1, -0.05) is 20.3 Å². The highest BCUT2D eigenvalue weighted by atomic mass is 32.1. The summed E-state index contributed by atoms with van der Waals surface area (Å²) in [6.07, 6.45) is 5.17. The minimum atomic E-state index is 0.514. The topological polar surface area (TPSA) is 37.8 Å². The summed E-state index contributed by atoms with van der Waals surface area (Å²) >= 11 is 1.72. The summed E-state index contributed by atoms with van der Waals surface area (Å²) in [5, 5.41) is 5.69. The van der Waals surface area contributed by atoms with Gasteiger partial charge in [0.05, 0.1) is 10.2 Å². The summed E-state index contributed by atoms with van der Waals surface area (Å²) in [7, 11) is 0. The van der Waals surface area contributed by atoms with E-state index in [2.05, 4.69) is 41.4 Å². The van der Waals surface area contributed by atoms with Gasteiger partial charge in [-0.05, 0) is 30.7 Å². The van der Waals surface area contributed by atoms with Crippen LogP contribution in [0.3, 0.4) is 0 Å². The number of fused-ring (bicyclic) bond motifs is 1. The number of rotatable bonds is 5. The Morgan fingerprint density at radius 3 is 2.88 bits per heavy atom. The molecule has 92 valence electrons. The van der Waals surface area contributed by atoms with Crippen molar-refractivity contribution in [2.45, 2.75) is 46.1 Å². The van der Waals surface area contributed by atoms with E-state index in [1.807, 2.05) is 0 Å². The number of aryl methyl sites for hydroxylation is 1. The van der Waals surface area contributed by atoms with Crippen molar-refractivity contribution in [1.29, 1.82) is 0 Å². The van der Waals surface area contributed by atoms with Crippen molar-refractivity contribution in [2.24, 2.45) is 0 Å². The molecule has 0 saturated heterocycles. The molecule has 0 aromatic carbocycles. The largest absolute Gasteiger partial charge is 0.366 e. The second-order valence-corrected chi connectivity index (χ2v) is 5.24. The SMILES string of the molecule is CCCC(CC)Nc1ncnc2c(C)csc12. The van der Waals surface area contributed by atoms with E-state index in [-0.39, 0.29) is 0 Å². The lowest BCUT2D eigenvalue weighted by Crippen LogP contribution is -2.18. The molecule has 0 aliphatic heterocycles. The Labute approximate surface area is 106 Å². The van der Waals surface area contributed by atoms with E-state index in [1.54, 1.807) is 17.7 Å². The van der Waals surface area contributed by atoms with E-state index >= 15 is 0 Å². The van der Waals surface area contributed by atoms with Gasteiger partial charge in [0, 0.05) is 6.04 Å². The van der Waals surface area contributed by atoms with Gasteiger partial charge in [0.25, 0.3) is 0 Å². The molecule has 2 rings (SSSR count). The third-order valence-corrected chi connectivity index (χ3v) is 4.10. The molecule has 4 heteroatoms. The minimum absolute atomic E-state index is 0.514. The Morgan fingerprint density at radius 2 is 2.18 bits per heavy atom. The molecule has 2 aromatic heterocycles. The molecule has 0 amide bonds. The predicted octanol–water partition coefficient (Wildman–Crippen LogP) is 3.99. The fraction of sp³-hybridized carbons (Fsp3) is 0.538. The maximum absolute atomic E-state index is 4.38. The lowest BCUT2D eigenvalue weighted by molar-refractivity contribution is 0.621. The summed E-state index contributed by atoms with van der Waals surface area (Å²) in [4.78, 5) is 8.72. The van der Waals surface area contributed by atoms with Crippen LogP contribution in [0.25, 0.3) is 10.2 Å². The van der Waals surface area contributed by atoms with Gasteiger partial charge in [0.15, 0.2) is 0 Å². The van der Waals surface area contributed by atoms with Crippen LogP contribution in [-0.4, -0.2) is 16.0 Å². The van der Waals surface area contributed by atoms with Crippen LogP contribution >= 0.6 is 11.3 Å². The van der Waals surface area contributed by atoms with Gasteiger partial charge < -0.3 is 5.32 Å². The Kier molecular flexibility index (Phi) is 3.94. The van der Waals surface area contributed by atoms with Crippen LogP contribution in [0.1, 0.15) is 38.7 Å². The van der Waals surface area contributed by atoms with E-state index in [4.69, 9.17) is 0 Å². The highest BCUT2D eigenvalue weighted by Gasteiger charge is 2.11. The monoisotopic (exact) mass is 249 g/mol. The number of hydrogen-bond donors (Lipinski definition) is 1. The average Bonchev–Trinajstić information content (AvgIpc) is 2.72. The van der Waals surface area contributed by atoms with Crippen molar-refractivity contribution in [2.75, 3.05) is 5.32 Å². The Morgan fingerprint density at radius 1 is 1.35 bits per heavy atom. The third-order valence-electron chi connectivity index (χ3n) is 3.00. The van der Waals surface area contributed by atoms with Crippen molar-refractivity contribution in [3.63, 3.8) is 0 Å². The van der Waals surface area contributed by atoms with Crippen LogP contribution in [-0.2, 0) is 0 Å². The molecule has 1 unspecified atom stereocenters. The molecule has 2 heterocycles. The van der Waals surface area contributed by atoms with Gasteiger partial charge >= 0.3 is 0 Å². The summed E-state index contributed by atoms with van der Waals surface area (Å²) in [6, 6.07) is 0.514. The number of hydrogen-bond acceptors (Lipinski definition) is 4. The lowest BCUT2D eigenvalue weighted by Gasteiger charge is -2.16. The summed E-state index contributed by atoms with van der Waals surface area (Å²) in [5.41, 5.74) is 2.32. The first kappa shape index (κ1) is 12.3. The zero-order valence-corrected chi connectivity index (χ0v) is 11.5. The highest BCUT2D eigenvalue weighted by molar-refractivity contribution is 7.18. The molecule has 1 N–H and O–H groups in total. The normalized spacial score (nSPS) is 12.9. The van der Waals surface area contributed by atoms with Crippen LogP contribution in [0.5, 0.6) is 0 Å². The third kappa shape index (κ3) is 2.57. The average molecular weight is 249 g/mol. The number of nitrogens with zero attached hydrogens (tertiary/aromatic N) is 2. The molecule has 0 spiro atoms. The molecule has 0 radical (unpaired) electrons. The fourth-order valence-corrected chi connectivity index (χ4v) is 2.95. The molecule has 1 atom stereocenters. The Bertz CT molecular complexity index is 492. The zero-order chi connectivity index (χ0) is 12.3. The predicted molar refractivity (Wildman–Crippen MR) is 74.8 cm³/mol. The van der Waals surface area contributed by atoms with Crippen molar-refractivity contribution < 1.29 is 0 Å². The van der Waals surface area contributed by atoms with Gasteiger partial charge in [-0.2, -0.15) is 0 Å². The summed E-state index contributed by atoms with van der Waals surface area (Å²) in [6.45, 7) is 6.53. The smallest absolute Gasteiger partial charge is 0.147 e. The van der Waals surface area contributed by atoms with Gasteiger partial charge in [-0.25, -0.2) is 9.97 Å². The molecule has 0 saturated carbocycles. The number of thiophene rings is 1. The Balaban J connectivity index is 2.29.